The fraction of sp³-hybridized carbons (Fsp3) is 0.312. The van der Waals surface area contributed by atoms with Crippen LogP contribution in [-0.4, -0.2) is 12.5 Å². The van der Waals surface area contributed by atoms with Crippen LogP contribution in [0.5, 0.6) is 0 Å². The lowest BCUT2D eigenvalue weighted by Crippen LogP contribution is -2.22. The number of hydrogen-bond donors (Lipinski definition) is 1. The van der Waals surface area contributed by atoms with Crippen molar-refractivity contribution >= 4 is 33.2 Å². The van der Waals surface area contributed by atoms with Gasteiger partial charge in [0.25, 0.3) is 5.91 Å². The summed E-state index contributed by atoms with van der Waals surface area (Å²) in [6.07, 6.45) is 1.98. The van der Waals surface area contributed by atoms with E-state index in [1.165, 1.54) is 11.1 Å². The molecule has 2 nitrogen and oxygen atoms in total. The van der Waals surface area contributed by atoms with Gasteiger partial charge in [0.2, 0.25) is 0 Å². The average Bonchev–Trinajstić information content (AvgIpc) is 2.79. The summed E-state index contributed by atoms with van der Waals surface area (Å²) in [6.45, 7) is 2.89. The molecule has 3 rings (SSSR count). The molecule has 0 radical (unpaired) electrons. The standard InChI is InChI=1S/C16H16BrNOS/c1-10-8-20-9-14(10)15(17)12-5-4-11-3-2-6-18-16(19)13(11)7-12/h4-5,7-9,15H,2-3,6H2,1H3,(H,18,19). The molecule has 2 aromatic rings. The van der Waals surface area contributed by atoms with Gasteiger partial charge in [0.05, 0.1) is 4.83 Å². The van der Waals surface area contributed by atoms with Gasteiger partial charge in [-0.1, -0.05) is 28.1 Å². The predicted octanol–water partition coefficient (Wildman–Crippen LogP) is 4.22. The fourth-order valence-electron chi connectivity index (χ4n) is 2.57. The van der Waals surface area contributed by atoms with Gasteiger partial charge >= 0.3 is 0 Å². The van der Waals surface area contributed by atoms with E-state index in [0.717, 1.165) is 36.1 Å². The first-order valence-corrected chi connectivity index (χ1v) is 8.60. The second kappa shape index (κ2) is 5.70. The molecule has 1 aromatic carbocycles. The topological polar surface area (TPSA) is 29.1 Å². The molecular weight excluding hydrogens is 334 g/mol. The number of alkyl halides is 1. The summed E-state index contributed by atoms with van der Waals surface area (Å²) in [5, 5.41) is 7.28. The Bertz CT molecular complexity index is 650. The Kier molecular flexibility index (Phi) is 3.94. The number of rotatable bonds is 2. The van der Waals surface area contributed by atoms with Crippen LogP contribution in [0.4, 0.5) is 0 Å². The number of hydrogen-bond acceptors (Lipinski definition) is 2. The molecule has 0 saturated carbocycles. The first kappa shape index (κ1) is 13.8. The molecular formula is C16H16BrNOS. The van der Waals surface area contributed by atoms with Gasteiger partial charge in [-0.15, -0.1) is 0 Å². The number of nitrogens with one attached hydrogen (secondary N) is 1. The van der Waals surface area contributed by atoms with Crippen LogP contribution in [-0.2, 0) is 6.42 Å². The molecule has 2 heterocycles. The normalized spacial score (nSPS) is 16.2. The average molecular weight is 350 g/mol. The van der Waals surface area contributed by atoms with E-state index in [9.17, 15) is 4.79 Å². The fourth-order valence-corrected chi connectivity index (χ4v) is 4.40. The zero-order chi connectivity index (χ0) is 14.1. The van der Waals surface area contributed by atoms with Crippen LogP contribution in [0.2, 0.25) is 0 Å². The van der Waals surface area contributed by atoms with Crippen LogP contribution in [0.1, 0.15) is 43.9 Å². The summed E-state index contributed by atoms with van der Waals surface area (Å²) in [7, 11) is 0. The van der Waals surface area contributed by atoms with Crippen LogP contribution < -0.4 is 5.32 Å². The maximum Gasteiger partial charge on any atom is 0.251 e. The van der Waals surface area contributed by atoms with E-state index >= 15 is 0 Å². The van der Waals surface area contributed by atoms with Gasteiger partial charge in [0.1, 0.15) is 0 Å². The Morgan fingerprint density at radius 1 is 1.35 bits per heavy atom. The number of benzene rings is 1. The first-order valence-electron chi connectivity index (χ1n) is 6.74. The lowest BCUT2D eigenvalue weighted by Gasteiger charge is -2.13. The third kappa shape index (κ3) is 2.54. The van der Waals surface area contributed by atoms with Crippen molar-refractivity contribution in [3.05, 3.63) is 56.8 Å². The van der Waals surface area contributed by atoms with E-state index in [-0.39, 0.29) is 10.7 Å². The van der Waals surface area contributed by atoms with Gasteiger partial charge in [0.15, 0.2) is 0 Å². The van der Waals surface area contributed by atoms with Crippen molar-refractivity contribution in [3.63, 3.8) is 0 Å². The number of aryl methyl sites for hydroxylation is 2. The van der Waals surface area contributed by atoms with Crippen LogP contribution in [0.15, 0.2) is 29.0 Å². The summed E-state index contributed by atoms with van der Waals surface area (Å²) >= 11 is 5.48. The van der Waals surface area contributed by atoms with E-state index in [1.807, 2.05) is 6.07 Å². The second-order valence-electron chi connectivity index (χ2n) is 5.15. The van der Waals surface area contributed by atoms with E-state index < -0.39 is 0 Å². The van der Waals surface area contributed by atoms with Crippen LogP contribution in [0.3, 0.4) is 0 Å². The highest BCUT2D eigenvalue weighted by atomic mass is 79.9. The lowest BCUT2D eigenvalue weighted by molar-refractivity contribution is 0.0956. The number of carbonyl (C=O) groups excluding carboxylic acids is 1. The van der Waals surface area contributed by atoms with Crippen molar-refractivity contribution in [2.75, 3.05) is 6.54 Å². The molecule has 1 aromatic heterocycles. The molecule has 1 atom stereocenters. The summed E-state index contributed by atoms with van der Waals surface area (Å²) in [6, 6.07) is 6.27. The number of carbonyl (C=O) groups is 1. The Balaban J connectivity index is 2.00. The largest absolute Gasteiger partial charge is 0.352 e. The molecule has 4 heteroatoms. The molecule has 0 fully saturated rings. The predicted molar refractivity (Wildman–Crippen MR) is 86.9 cm³/mol. The zero-order valence-electron chi connectivity index (χ0n) is 11.3. The molecule has 0 spiro atoms. The van der Waals surface area contributed by atoms with E-state index in [2.05, 4.69) is 51.1 Å². The lowest BCUT2D eigenvalue weighted by atomic mass is 9.97. The highest BCUT2D eigenvalue weighted by Gasteiger charge is 2.19. The van der Waals surface area contributed by atoms with Crippen molar-refractivity contribution in [1.29, 1.82) is 0 Å². The second-order valence-corrected chi connectivity index (χ2v) is 6.81. The van der Waals surface area contributed by atoms with Crippen LogP contribution in [0, 0.1) is 6.92 Å². The van der Waals surface area contributed by atoms with Crippen molar-refractivity contribution < 1.29 is 4.79 Å². The Morgan fingerprint density at radius 3 is 2.95 bits per heavy atom. The van der Waals surface area contributed by atoms with Crippen molar-refractivity contribution in [1.82, 2.24) is 5.32 Å². The molecule has 104 valence electrons. The van der Waals surface area contributed by atoms with Gasteiger partial charge < -0.3 is 5.32 Å². The molecule has 20 heavy (non-hydrogen) atoms. The van der Waals surface area contributed by atoms with Gasteiger partial charge in [-0.05, 0) is 58.8 Å². The smallest absolute Gasteiger partial charge is 0.251 e. The monoisotopic (exact) mass is 349 g/mol. The third-order valence-corrected chi connectivity index (χ3v) is 5.65. The van der Waals surface area contributed by atoms with Gasteiger partial charge in [0, 0.05) is 12.1 Å². The molecule has 1 amide bonds. The highest BCUT2D eigenvalue weighted by molar-refractivity contribution is 9.09. The van der Waals surface area contributed by atoms with E-state index in [1.54, 1.807) is 11.3 Å². The summed E-state index contributed by atoms with van der Waals surface area (Å²) in [5.74, 6) is 0.0566. The Labute approximate surface area is 131 Å². The molecule has 0 saturated heterocycles. The Hall–Kier alpha value is -1.13. The maximum absolute atomic E-state index is 12.1. The van der Waals surface area contributed by atoms with E-state index in [0.29, 0.717) is 0 Å². The summed E-state index contributed by atoms with van der Waals surface area (Å²) < 4.78 is 0. The minimum absolute atomic E-state index is 0.0566. The first-order chi connectivity index (χ1) is 9.66. The zero-order valence-corrected chi connectivity index (χ0v) is 13.7. The molecule has 0 aliphatic carbocycles. The van der Waals surface area contributed by atoms with Gasteiger partial charge in [-0.2, -0.15) is 11.3 Å². The quantitative estimate of drug-likeness (QED) is 0.808. The number of thiophene rings is 1. The van der Waals surface area contributed by atoms with E-state index in [4.69, 9.17) is 0 Å². The highest BCUT2D eigenvalue weighted by Crippen LogP contribution is 2.35. The molecule has 1 aliphatic heterocycles. The molecule has 1 N–H and O–H groups in total. The Morgan fingerprint density at radius 2 is 2.20 bits per heavy atom. The number of amides is 1. The SMILES string of the molecule is Cc1cscc1C(Br)c1ccc2c(c1)C(=O)NCCC2. The van der Waals surface area contributed by atoms with Gasteiger partial charge in [-0.3, -0.25) is 4.79 Å². The van der Waals surface area contributed by atoms with Crippen molar-refractivity contribution in [2.45, 2.75) is 24.6 Å². The van der Waals surface area contributed by atoms with Crippen molar-refractivity contribution in [2.24, 2.45) is 0 Å². The number of fused-ring (bicyclic) bond motifs is 1. The minimum Gasteiger partial charge on any atom is -0.352 e. The van der Waals surface area contributed by atoms with Gasteiger partial charge in [-0.25, -0.2) is 0 Å². The number of halogens is 1. The summed E-state index contributed by atoms with van der Waals surface area (Å²) in [5.41, 5.74) is 5.70. The summed E-state index contributed by atoms with van der Waals surface area (Å²) in [4.78, 5) is 12.3. The maximum atomic E-state index is 12.1. The minimum atomic E-state index is 0.0566. The van der Waals surface area contributed by atoms with Crippen LogP contribution >= 0.6 is 27.3 Å². The van der Waals surface area contributed by atoms with Crippen molar-refractivity contribution in [3.8, 4) is 0 Å². The molecule has 1 aliphatic rings. The van der Waals surface area contributed by atoms with Crippen LogP contribution in [0.25, 0.3) is 0 Å². The molecule has 0 bridgehead atoms. The third-order valence-electron chi connectivity index (χ3n) is 3.75. The molecule has 1 unspecified atom stereocenters.